The third kappa shape index (κ3) is 4.09. The van der Waals surface area contributed by atoms with Gasteiger partial charge in [0.15, 0.2) is 15.6 Å². The van der Waals surface area contributed by atoms with Crippen molar-refractivity contribution in [2.45, 2.75) is 33.2 Å². The fourth-order valence-corrected chi connectivity index (χ4v) is 2.85. The maximum absolute atomic E-state index is 12.1. The van der Waals surface area contributed by atoms with Gasteiger partial charge in [0, 0.05) is 25.3 Å². The van der Waals surface area contributed by atoms with Gasteiger partial charge >= 0.3 is 0 Å². The zero-order chi connectivity index (χ0) is 14.6. The van der Waals surface area contributed by atoms with E-state index in [0.717, 1.165) is 12.2 Å². The minimum atomic E-state index is -3.10. The smallest absolute Gasteiger partial charge is 0.289 e. The Morgan fingerprint density at radius 3 is 2.47 bits per heavy atom. The van der Waals surface area contributed by atoms with Crippen LogP contribution in [0.4, 0.5) is 0 Å². The van der Waals surface area contributed by atoms with Crippen LogP contribution in [0.15, 0.2) is 16.5 Å². The van der Waals surface area contributed by atoms with Gasteiger partial charge in [0.2, 0.25) is 0 Å². The number of furan rings is 1. The molecule has 0 aromatic carbocycles. The fraction of sp³-hybridized carbons (Fsp3) is 0.615. The molecule has 1 atom stereocenters. The molecule has 0 aliphatic rings. The van der Waals surface area contributed by atoms with Crippen molar-refractivity contribution < 1.29 is 17.6 Å². The van der Waals surface area contributed by atoms with Crippen LogP contribution in [0.2, 0.25) is 0 Å². The van der Waals surface area contributed by atoms with Gasteiger partial charge in [0.25, 0.3) is 5.91 Å². The van der Waals surface area contributed by atoms with Gasteiger partial charge in [0.05, 0.1) is 5.75 Å². The van der Waals surface area contributed by atoms with Crippen molar-refractivity contribution in [2.75, 3.05) is 18.6 Å². The van der Waals surface area contributed by atoms with E-state index in [1.165, 1.54) is 4.90 Å². The zero-order valence-electron chi connectivity index (χ0n) is 11.8. The second kappa shape index (κ2) is 6.23. The molecule has 0 spiro atoms. The second-order valence-electron chi connectivity index (χ2n) is 4.58. The standard InChI is InChI=1S/C13H21NO4S/c1-5-11-7-8-12(18-11)13(15)14(4)10(3)9-19(16,17)6-2/h7-8,10H,5-6,9H2,1-4H3/t10-/m1/s1. The van der Waals surface area contributed by atoms with Crippen molar-refractivity contribution in [2.24, 2.45) is 0 Å². The van der Waals surface area contributed by atoms with Gasteiger partial charge in [-0.1, -0.05) is 13.8 Å². The molecule has 108 valence electrons. The predicted molar refractivity (Wildman–Crippen MR) is 74.0 cm³/mol. The Bertz CT molecular complexity index is 533. The number of nitrogens with zero attached hydrogens (tertiary/aromatic N) is 1. The lowest BCUT2D eigenvalue weighted by molar-refractivity contribution is 0.0723. The summed E-state index contributed by atoms with van der Waals surface area (Å²) in [7, 11) is -1.51. The Morgan fingerprint density at radius 2 is 2.00 bits per heavy atom. The predicted octanol–water partition coefficient (Wildman–Crippen LogP) is 1.74. The van der Waals surface area contributed by atoms with Crippen molar-refractivity contribution in [1.82, 2.24) is 4.90 Å². The van der Waals surface area contributed by atoms with Crippen molar-refractivity contribution in [3.05, 3.63) is 23.7 Å². The Hall–Kier alpha value is -1.30. The Kier molecular flexibility index (Phi) is 5.17. The molecular formula is C13H21NO4S. The van der Waals surface area contributed by atoms with E-state index in [2.05, 4.69) is 0 Å². The molecule has 0 aliphatic heterocycles. The second-order valence-corrected chi connectivity index (χ2v) is 6.98. The van der Waals surface area contributed by atoms with Crippen LogP contribution in [-0.2, 0) is 16.3 Å². The largest absolute Gasteiger partial charge is 0.456 e. The lowest BCUT2D eigenvalue weighted by Crippen LogP contribution is -2.39. The fourth-order valence-electron chi connectivity index (χ4n) is 1.65. The molecule has 0 saturated carbocycles. The molecule has 0 N–H and O–H groups in total. The van der Waals surface area contributed by atoms with Crippen LogP contribution in [0.3, 0.4) is 0 Å². The monoisotopic (exact) mass is 287 g/mol. The van der Waals surface area contributed by atoms with Crippen LogP contribution in [0.25, 0.3) is 0 Å². The minimum absolute atomic E-state index is 0.0346. The van der Waals surface area contributed by atoms with Gasteiger partial charge in [0.1, 0.15) is 5.76 Å². The molecule has 1 heterocycles. The quantitative estimate of drug-likeness (QED) is 0.799. The van der Waals surface area contributed by atoms with E-state index < -0.39 is 9.84 Å². The van der Waals surface area contributed by atoms with Gasteiger partial charge in [-0.15, -0.1) is 0 Å². The molecule has 1 aromatic heterocycles. The number of carbonyl (C=O) groups is 1. The van der Waals surface area contributed by atoms with Gasteiger partial charge < -0.3 is 9.32 Å². The highest BCUT2D eigenvalue weighted by molar-refractivity contribution is 7.91. The average Bonchev–Trinajstić information content (AvgIpc) is 2.85. The first-order chi connectivity index (χ1) is 8.80. The zero-order valence-corrected chi connectivity index (χ0v) is 12.7. The highest BCUT2D eigenvalue weighted by Crippen LogP contribution is 2.13. The summed E-state index contributed by atoms with van der Waals surface area (Å²) in [6, 6.07) is 3.00. The molecule has 0 saturated heterocycles. The van der Waals surface area contributed by atoms with Crippen molar-refractivity contribution in [3.8, 4) is 0 Å². The number of hydrogen-bond acceptors (Lipinski definition) is 4. The first kappa shape index (κ1) is 15.8. The molecule has 1 aromatic rings. The average molecular weight is 287 g/mol. The molecule has 6 heteroatoms. The summed E-state index contributed by atoms with van der Waals surface area (Å²) in [6.45, 7) is 5.26. The third-order valence-corrected chi connectivity index (χ3v) is 5.01. The highest BCUT2D eigenvalue weighted by Gasteiger charge is 2.24. The summed E-state index contributed by atoms with van der Waals surface area (Å²) < 4.78 is 28.5. The first-order valence-corrected chi connectivity index (χ1v) is 8.19. The normalized spacial score (nSPS) is 13.3. The van der Waals surface area contributed by atoms with Crippen LogP contribution in [0.5, 0.6) is 0 Å². The van der Waals surface area contributed by atoms with Crippen molar-refractivity contribution >= 4 is 15.7 Å². The van der Waals surface area contributed by atoms with Crippen LogP contribution in [-0.4, -0.2) is 43.8 Å². The minimum Gasteiger partial charge on any atom is -0.456 e. The number of sulfone groups is 1. The third-order valence-electron chi connectivity index (χ3n) is 3.14. The Labute approximate surface area is 114 Å². The number of amides is 1. The Morgan fingerprint density at radius 1 is 1.37 bits per heavy atom. The molecule has 0 radical (unpaired) electrons. The van der Waals surface area contributed by atoms with E-state index in [1.54, 1.807) is 33.0 Å². The lowest BCUT2D eigenvalue weighted by Gasteiger charge is -2.23. The van der Waals surface area contributed by atoms with Gasteiger partial charge in [-0.25, -0.2) is 8.42 Å². The topological polar surface area (TPSA) is 67.6 Å². The molecule has 1 rings (SSSR count). The van der Waals surface area contributed by atoms with Crippen LogP contribution < -0.4 is 0 Å². The number of aryl methyl sites for hydroxylation is 1. The van der Waals surface area contributed by atoms with Crippen molar-refractivity contribution in [1.29, 1.82) is 0 Å². The van der Waals surface area contributed by atoms with Gasteiger partial charge in [-0.05, 0) is 19.1 Å². The van der Waals surface area contributed by atoms with E-state index >= 15 is 0 Å². The number of carbonyl (C=O) groups excluding carboxylic acids is 1. The summed E-state index contributed by atoms with van der Waals surface area (Å²) in [4.78, 5) is 13.5. The van der Waals surface area contributed by atoms with Gasteiger partial charge in [-0.2, -0.15) is 0 Å². The van der Waals surface area contributed by atoms with Crippen LogP contribution in [0, 0.1) is 0 Å². The molecule has 19 heavy (non-hydrogen) atoms. The van der Waals surface area contributed by atoms with E-state index in [9.17, 15) is 13.2 Å². The maximum Gasteiger partial charge on any atom is 0.289 e. The maximum atomic E-state index is 12.1. The number of hydrogen-bond donors (Lipinski definition) is 0. The van der Waals surface area contributed by atoms with Gasteiger partial charge in [-0.3, -0.25) is 4.79 Å². The summed E-state index contributed by atoms with van der Waals surface area (Å²) in [5.74, 6) is 0.747. The number of rotatable bonds is 6. The first-order valence-electron chi connectivity index (χ1n) is 6.37. The SMILES string of the molecule is CCc1ccc(C(=O)N(C)[C@H](C)CS(=O)(=O)CC)o1. The molecule has 5 nitrogen and oxygen atoms in total. The van der Waals surface area contributed by atoms with Crippen molar-refractivity contribution in [3.63, 3.8) is 0 Å². The van der Waals surface area contributed by atoms with E-state index in [-0.39, 0.29) is 29.2 Å². The molecule has 1 amide bonds. The van der Waals surface area contributed by atoms with E-state index in [1.807, 2.05) is 6.92 Å². The molecule has 0 fully saturated rings. The van der Waals surface area contributed by atoms with E-state index in [0.29, 0.717) is 0 Å². The summed E-state index contributed by atoms with van der Waals surface area (Å²) in [6.07, 6.45) is 0.719. The summed E-state index contributed by atoms with van der Waals surface area (Å²) >= 11 is 0. The molecule has 0 unspecified atom stereocenters. The molecule has 0 bridgehead atoms. The van der Waals surface area contributed by atoms with Crippen LogP contribution in [0.1, 0.15) is 37.1 Å². The van der Waals surface area contributed by atoms with E-state index in [4.69, 9.17) is 4.42 Å². The van der Waals surface area contributed by atoms with Crippen LogP contribution >= 0.6 is 0 Å². The summed E-state index contributed by atoms with van der Waals surface area (Å²) in [5, 5.41) is 0. The molecular weight excluding hydrogens is 266 g/mol. The highest BCUT2D eigenvalue weighted by atomic mass is 32.2. The summed E-state index contributed by atoms with van der Waals surface area (Å²) in [5.41, 5.74) is 0. The Balaban J connectivity index is 2.76. The molecule has 0 aliphatic carbocycles. The lowest BCUT2D eigenvalue weighted by atomic mass is 10.3.